The molecule has 7 aromatic carbocycles. The normalized spacial score (nSPS) is 14.5. The monoisotopic (exact) mass is 504 g/mol. The third kappa shape index (κ3) is 3.39. The Labute approximate surface area is 237 Å². The fourth-order valence-corrected chi connectivity index (χ4v) is 5.50. The maximum absolute atomic E-state index is 9.32. The van der Waals surface area contributed by atoms with Crippen LogP contribution in [-0.2, 0) is 0 Å². The van der Waals surface area contributed by atoms with Gasteiger partial charge in [0.2, 0.25) is 0 Å². The Morgan fingerprint density at radius 3 is 1.90 bits per heavy atom. The molecule has 0 radical (unpaired) electrons. The lowest BCUT2D eigenvalue weighted by atomic mass is 9.89. The lowest BCUT2D eigenvalue weighted by molar-refractivity contribution is 1.13. The van der Waals surface area contributed by atoms with Crippen LogP contribution in [0.4, 0.5) is 0 Å². The molecule has 0 amide bonds. The summed E-state index contributed by atoms with van der Waals surface area (Å²) in [5.74, 6) is 0.465. The summed E-state index contributed by atoms with van der Waals surface area (Å²) in [5, 5.41) is 2.44. The molecular formula is C37H24N2. The van der Waals surface area contributed by atoms with E-state index >= 15 is 0 Å². The van der Waals surface area contributed by atoms with Gasteiger partial charge in [-0.15, -0.1) is 0 Å². The molecule has 0 N–H and O–H groups in total. The first-order chi connectivity index (χ1) is 22.7. The average Bonchev–Trinajstić information content (AvgIpc) is 3.49. The Balaban J connectivity index is 1.72. The summed E-state index contributed by atoms with van der Waals surface area (Å²) in [6, 6.07) is 27.2. The zero-order valence-corrected chi connectivity index (χ0v) is 20.6. The van der Waals surface area contributed by atoms with Crippen LogP contribution in [0.3, 0.4) is 0 Å². The van der Waals surface area contributed by atoms with E-state index in [9.17, 15) is 5.48 Å². The highest BCUT2D eigenvalue weighted by molar-refractivity contribution is 6.19. The highest BCUT2D eigenvalue weighted by Crippen LogP contribution is 2.43. The number of fused-ring (bicyclic) bond motifs is 4. The van der Waals surface area contributed by atoms with Crippen LogP contribution in [0.2, 0.25) is 0 Å². The first-order valence-electron chi connectivity index (χ1n) is 16.7. The largest absolute Gasteiger partial charge is 0.291 e. The van der Waals surface area contributed by atoms with Gasteiger partial charge in [-0.2, -0.15) is 0 Å². The molecular weight excluding hydrogens is 472 g/mol. The van der Waals surface area contributed by atoms with Crippen molar-refractivity contribution in [3.05, 3.63) is 145 Å². The van der Waals surface area contributed by atoms with Gasteiger partial charge in [-0.1, -0.05) is 127 Å². The van der Waals surface area contributed by atoms with Crippen LogP contribution in [0, 0.1) is 0 Å². The van der Waals surface area contributed by atoms with E-state index in [1.54, 1.807) is 4.57 Å². The molecule has 0 aliphatic rings. The molecule has 2 heteroatoms. The fraction of sp³-hybridized carbons (Fsp3) is 0. The van der Waals surface area contributed by atoms with Gasteiger partial charge in [0.1, 0.15) is 5.82 Å². The predicted octanol–water partition coefficient (Wildman–Crippen LogP) is 9.82. The molecule has 1 aromatic heterocycles. The maximum Gasteiger partial charge on any atom is 0.145 e. The Bertz CT molecular complexity index is 2530. The molecule has 0 aliphatic carbocycles. The van der Waals surface area contributed by atoms with Gasteiger partial charge in [0.25, 0.3) is 0 Å². The van der Waals surface area contributed by atoms with E-state index < -0.39 is 24.2 Å². The van der Waals surface area contributed by atoms with E-state index in [1.807, 2.05) is 97.1 Å². The van der Waals surface area contributed by atoms with Crippen LogP contribution in [0.25, 0.3) is 71.6 Å². The summed E-state index contributed by atoms with van der Waals surface area (Å²) in [6.07, 6.45) is 0. The first-order valence-corrected chi connectivity index (χ1v) is 12.7. The van der Waals surface area contributed by atoms with Crippen molar-refractivity contribution in [1.29, 1.82) is 0 Å². The van der Waals surface area contributed by atoms with Crippen LogP contribution in [0.1, 0.15) is 11.0 Å². The second kappa shape index (κ2) is 8.68. The van der Waals surface area contributed by atoms with Gasteiger partial charge in [-0.3, -0.25) is 4.57 Å². The van der Waals surface area contributed by atoms with Crippen LogP contribution < -0.4 is 0 Å². The Morgan fingerprint density at radius 2 is 1.15 bits per heavy atom. The van der Waals surface area contributed by atoms with Crippen molar-refractivity contribution in [2.45, 2.75) is 0 Å². The van der Waals surface area contributed by atoms with Crippen LogP contribution >= 0.6 is 0 Å². The van der Waals surface area contributed by atoms with E-state index in [4.69, 9.17) is 10.5 Å². The molecule has 0 unspecified atom stereocenters. The Hall–Kier alpha value is -5.21. The average molecular weight is 505 g/mol. The standard InChI is InChI=1S/C37H24N2/c1-2-13-26(14-3-1)37-38-33-20-10-11-21-34(33)39(37)36-31-18-8-6-16-29(31)35(30-17-7-9-19-32(30)36)28-23-22-25-12-4-5-15-27(25)24-28/h1-24H/i6D,7D,8D,9D,16D,17D,18D,19D. The van der Waals surface area contributed by atoms with Crippen molar-refractivity contribution in [2.24, 2.45) is 0 Å². The van der Waals surface area contributed by atoms with Crippen LogP contribution in [0.15, 0.2) is 145 Å². The highest BCUT2D eigenvalue weighted by atomic mass is 15.1. The second-order valence-electron chi connectivity index (χ2n) is 9.41. The van der Waals surface area contributed by atoms with Gasteiger partial charge in [0, 0.05) is 16.3 Å². The Kier molecular flexibility index (Phi) is 3.40. The minimum atomic E-state index is -0.445. The van der Waals surface area contributed by atoms with Crippen molar-refractivity contribution in [3.8, 4) is 28.2 Å². The number of hydrogen-bond acceptors (Lipinski definition) is 1. The second-order valence-corrected chi connectivity index (χ2v) is 9.41. The fourth-order valence-electron chi connectivity index (χ4n) is 5.50. The topological polar surface area (TPSA) is 17.8 Å². The van der Waals surface area contributed by atoms with E-state index in [0.29, 0.717) is 28.0 Å². The quantitative estimate of drug-likeness (QED) is 0.219. The lowest BCUT2D eigenvalue weighted by Gasteiger charge is -2.20. The molecule has 0 fully saturated rings. The van der Waals surface area contributed by atoms with Gasteiger partial charge in [0.15, 0.2) is 0 Å². The summed E-state index contributed by atoms with van der Waals surface area (Å²) >= 11 is 0. The minimum absolute atomic E-state index is 0.136. The van der Waals surface area contributed by atoms with Crippen molar-refractivity contribution in [1.82, 2.24) is 9.55 Å². The van der Waals surface area contributed by atoms with Gasteiger partial charge < -0.3 is 0 Å². The molecule has 0 saturated carbocycles. The number of imidazole rings is 1. The van der Waals surface area contributed by atoms with E-state index in [0.717, 1.165) is 16.3 Å². The van der Waals surface area contributed by atoms with Crippen molar-refractivity contribution < 1.29 is 11.0 Å². The number of nitrogens with zero attached hydrogens (tertiary/aromatic N) is 2. The zero-order chi connectivity index (χ0) is 32.7. The van der Waals surface area contributed by atoms with Crippen LogP contribution in [-0.4, -0.2) is 9.55 Å². The summed E-state index contributed by atoms with van der Waals surface area (Å²) in [6.45, 7) is 0. The summed E-state index contributed by atoms with van der Waals surface area (Å²) in [7, 11) is 0. The maximum atomic E-state index is 9.32. The number of hydrogen-bond donors (Lipinski definition) is 0. The predicted molar refractivity (Wildman–Crippen MR) is 164 cm³/mol. The number of para-hydroxylation sites is 2. The van der Waals surface area contributed by atoms with E-state index in [-0.39, 0.29) is 51.4 Å². The summed E-state index contributed by atoms with van der Waals surface area (Å²) < 4.78 is 73.9. The van der Waals surface area contributed by atoms with Crippen molar-refractivity contribution >= 4 is 43.4 Å². The highest BCUT2D eigenvalue weighted by Gasteiger charge is 2.21. The summed E-state index contributed by atoms with van der Waals surface area (Å²) in [5.41, 5.74) is 3.06. The van der Waals surface area contributed by atoms with E-state index in [2.05, 4.69) is 0 Å². The number of rotatable bonds is 3. The third-order valence-corrected chi connectivity index (χ3v) is 7.20. The van der Waals surface area contributed by atoms with Gasteiger partial charge in [0.05, 0.1) is 27.7 Å². The summed E-state index contributed by atoms with van der Waals surface area (Å²) in [4.78, 5) is 4.95. The molecule has 39 heavy (non-hydrogen) atoms. The zero-order valence-electron chi connectivity index (χ0n) is 28.6. The van der Waals surface area contributed by atoms with E-state index in [1.165, 1.54) is 0 Å². The SMILES string of the molecule is [2H]c1c([2H])c([2H])c2c(-n3c(-c4ccccc4)nc4ccccc43)c3c([2H])c([2H])c([2H])c([2H])c3c(-c3ccc4ccccc4c3)c2c1[2H]. The molecule has 0 spiro atoms. The van der Waals surface area contributed by atoms with Gasteiger partial charge >= 0.3 is 0 Å². The molecule has 0 bridgehead atoms. The Morgan fingerprint density at radius 1 is 0.538 bits per heavy atom. The molecule has 8 rings (SSSR count). The molecule has 182 valence electrons. The van der Waals surface area contributed by atoms with Gasteiger partial charge in [-0.25, -0.2) is 4.98 Å². The van der Waals surface area contributed by atoms with Crippen LogP contribution in [0.5, 0.6) is 0 Å². The molecule has 0 aliphatic heterocycles. The lowest BCUT2D eigenvalue weighted by Crippen LogP contribution is -2.01. The first kappa shape index (κ1) is 15.3. The third-order valence-electron chi connectivity index (χ3n) is 7.20. The van der Waals surface area contributed by atoms with Gasteiger partial charge in [-0.05, 0) is 50.9 Å². The molecule has 2 nitrogen and oxygen atoms in total. The molecule has 0 saturated heterocycles. The number of aromatic nitrogens is 2. The minimum Gasteiger partial charge on any atom is -0.291 e. The van der Waals surface area contributed by atoms with Crippen molar-refractivity contribution in [2.75, 3.05) is 0 Å². The van der Waals surface area contributed by atoms with Crippen molar-refractivity contribution in [3.63, 3.8) is 0 Å². The smallest absolute Gasteiger partial charge is 0.145 e. The number of benzene rings is 7. The molecule has 8 aromatic rings. The molecule has 1 heterocycles. The molecule has 0 atom stereocenters.